The lowest BCUT2D eigenvalue weighted by Crippen LogP contribution is -2.16. The molecule has 1 fully saturated rings. The van der Waals surface area contributed by atoms with E-state index < -0.39 is 0 Å². The van der Waals surface area contributed by atoms with Crippen LogP contribution in [0.5, 0.6) is 5.88 Å². The van der Waals surface area contributed by atoms with Crippen LogP contribution < -0.4 is 10.1 Å². The minimum absolute atomic E-state index is 0.134. The number of anilines is 1. The summed E-state index contributed by atoms with van der Waals surface area (Å²) in [6.07, 6.45) is 2.57. The number of hydrogen-bond donors (Lipinski definition) is 1. The molecule has 1 unspecified atom stereocenters. The summed E-state index contributed by atoms with van der Waals surface area (Å²) in [7, 11) is 0. The molecule has 1 aromatic heterocycles. The van der Waals surface area contributed by atoms with Gasteiger partial charge in [0, 0.05) is 19.0 Å². The lowest BCUT2D eigenvalue weighted by Gasteiger charge is -2.11. The first-order chi connectivity index (χ1) is 7.38. The topological polar surface area (TPSA) is 56.3 Å². The Morgan fingerprint density at radius 3 is 3.27 bits per heavy atom. The van der Waals surface area contributed by atoms with E-state index in [-0.39, 0.29) is 6.10 Å². The lowest BCUT2D eigenvalue weighted by molar-refractivity contribution is 0.138. The zero-order valence-electron chi connectivity index (χ0n) is 8.77. The van der Waals surface area contributed by atoms with Crippen LogP contribution >= 0.6 is 0 Å². The molecule has 5 heteroatoms. The van der Waals surface area contributed by atoms with E-state index in [0.29, 0.717) is 12.5 Å². The molecule has 1 aromatic rings. The molecule has 0 aromatic carbocycles. The van der Waals surface area contributed by atoms with Crippen LogP contribution in [0.1, 0.15) is 13.3 Å². The van der Waals surface area contributed by atoms with Crippen LogP contribution in [0.4, 0.5) is 5.82 Å². The van der Waals surface area contributed by atoms with E-state index in [2.05, 4.69) is 15.3 Å². The van der Waals surface area contributed by atoms with Gasteiger partial charge in [0.15, 0.2) is 0 Å². The number of aromatic nitrogens is 2. The smallest absolute Gasteiger partial charge is 0.218 e. The highest BCUT2D eigenvalue weighted by molar-refractivity contribution is 5.36. The minimum Gasteiger partial charge on any atom is -0.472 e. The second-order valence-corrected chi connectivity index (χ2v) is 3.38. The van der Waals surface area contributed by atoms with Gasteiger partial charge in [-0.2, -0.15) is 0 Å². The zero-order chi connectivity index (χ0) is 10.5. The van der Waals surface area contributed by atoms with Crippen LogP contribution in [0, 0.1) is 0 Å². The maximum atomic E-state index is 5.65. The SMILES string of the molecule is CCNc1cc(OC2CCOC2)ncn1. The third kappa shape index (κ3) is 2.79. The molecule has 2 heterocycles. The van der Waals surface area contributed by atoms with Crippen molar-refractivity contribution < 1.29 is 9.47 Å². The van der Waals surface area contributed by atoms with Gasteiger partial charge in [0.05, 0.1) is 13.2 Å². The summed E-state index contributed by atoms with van der Waals surface area (Å²) in [6, 6.07) is 1.81. The first-order valence-corrected chi connectivity index (χ1v) is 5.19. The summed E-state index contributed by atoms with van der Waals surface area (Å²) in [4.78, 5) is 8.13. The first-order valence-electron chi connectivity index (χ1n) is 5.19. The molecule has 0 amide bonds. The van der Waals surface area contributed by atoms with Crippen molar-refractivity contribution in [3.05, 3.63) is 12.4 Å². The van der Waals surface area contributed by atoms with E-state index in [1.54, 1.807) is 0 Å². The van der Waals surface area contributed by atoms with Crippen molar-refractivity contribution in [1.82, 2.24) is 9.97 Å². The zero-order valence-corrected chi connectivity index (χ0v) is 8.77. The molecule has 82 valence electrons. The Balaban J connectivity index is 1.97. The molecule has 0 aliphatic carbocycles. The van der Waals surface area contributed by atoms with Gasteiger partial charge in [0.2, 0.25) is 5.88 Å². The minimum atomic E-state index is 0.134. The molecule has 1 N–H and O–H groups in total. The van der Waals surface area contributed by atoms with Crippen molar-refractivity contribution in [1.29, 1.82) is 0 Å². The second-order valence-electron chi connectivity index (χ2n) is 3.38. The number of nitrogens with zero attached hydrogens (tertiary/aromatic N) is 2. The maximum Gasteiger partial charge on any atom is 0.218 e. The maximum absolute atomic E-state index is 5.65. The predicted octanol–water partition coefficient (Wildman–Crippen LogP) is 1.08. The van der Waals surface area contributed by atoms with Gasteiger partial charge in [-0.3, -0.25) is 0 Å². The standard InChI is InChI=1S/C10H15N3O2/c1-2-11-9-5-10(13-7-12-9)15-8-3-4-14-6-8/h5,7-8H,2-4,6H2,1H3,(H,11,12,13). The van der Waals surface area contributed by atoms with Crippen LogP contribution in [-0.4, -0.2) is 35.8 Å². The Morgan fingerprint density at radius 1 is 1.60 bits per heavy atom. The fraction of sp³-hybridized carbons (Fsp3) is 0.600. The van der Waals surface area contributed by atoms with Crippen molar-refractivity contribution in [3.8, 4) is 5.88 Å². The summed E-state index contributed by atoms with van der Waals surface area (Å²) in [5, 5.41) is 3.11. The lowest BCUT2D eigenvalue weighted by atomic mass is 10.3. The van der Waals surface area contributed by atoms with E-state index in [9.17, 15) is 0 Å². The Hall–Kier alpha value is -1.36. The molecular formula is C10H15N3O2. The molecule has 5 nitrogen and oxygen atoms in total. The average molecular weight is 209 g/mol. The molecule has 0 spiro atoms. The van der Waals surface area contributed by atoms with E-state index in [0.717, 1.165) is 25.4 Å². The van der Waals surface area contributed by atoms with Gasteiger partial charge in [0.1, 0.15) is 18.2 Å². The molecule has 1 aliphatic heterocycles. The molecule has 15 heavy (non-hydrogen) atoms. The molecule has 1 aliphatic rings. The summed E-state index contributed by atoms with van der Waals surface area (Å²) in [6.45, 7) is 4.28. The van der Waals surface area contributed by atoms with E-state index in [1.807, 2.05) is 13.0 Å². The van der Waals surface area contributed by atoms with E-state index in [1.165, 1.54) is 6.33 Å². The molecule has 2 rings (SSSR count). The van der Waals surface area contributed by atoms with Crippen LogP contribution in [0.15, 0.2) is 12.4 Å². The monoisotopic (exact) mass is 209 g/mol. The third-order valence-corrected chi connectivity index (χ3v) is 2.18. The quantitative estimate of drug-likeness (QED) is 0.804. The summed E-state index contributed by atoms with van der Waals surface area (Å²) in [5.41, 5.74) is 0. The normalized spacial score (nSPS) is 20.2. The van der Waals surface area contributed by atoms with Gasteiger partial charge >= 0.3 is 0 Å². The van der Waals surface area contributed by atoms with Crippen LogP contribution in [0.25, 0.3) is 0 Å². The molecule has 0 radical (unpaired) electrons. The highest BCUT2D eigenvalue weighted by Crippen LogP contribution is 2.16. The average Bonchev–Trinajstić information content (AvgIpc) is 2.71. The van der Waals surface area contributed by atoms with Crippen molar-refractivity contribution >= 4 is 5.82 Å². The Bertz CT molecular complexity index is 313. The van der Waals surface area contributed by atoms with E-state index >= 15 is 0 Å². The summed E-state index contributed by atoms with van der Waals surface area (Å²) in [5.74, 6) is 1.40. The van der Waals surface area contributed by atoms with Gasteiger partial charge in [-0.15, -0.1) is 0 Å². The third-order valence-electron chi connectivity index (χ3n) is 2.18. The van der Waals surface area contributed by atoms with E-state index in [4.69, 9.17) is 9.47 Å². The predicted molar refractivity (Wildman–Crippen MR) is 56.0 cm³/mol. The Morgan fingerprint density at radius 2 is 2.53 bits per heavy atom. The number of nitrogens with one attached hydrogen (secondary N) is 1. The van der Waals surface area contributed by atoms with Crippen LogP contribution in [-0.2, 0) is 4.74 Å². The summed E-state index contributed by atoms with van der Waals surface area (Å²) < 4.78 is 10.9. The Labute approximate surface area is 88.8 Å². The first kappa shape index (κ1) is 10.2. The van der Waals surface area contributed by atoms with Crippen LogP contribution in [0.2, 0.25) is 0 Å². The van der Waals surface area contributed by atoms with Crippen molar-refractivity contribution in [3.63, 3.8) is 0 Å². The van der Waals surface area contributed by atoms with Gasteiger partial charge < -0.3 is 14.8 Å². The fourth-order valence-electron chi connectivity index (χ4n) is 1.46. The molecule has 1 saturated heterocycles. The van der Waals surface area contributed by atoms with Gasteiger partial charge in [-0.05, 0) is 6.92 Å². The Kier molecular flexibility index (Phi) is 3.34. The van der Waals surface area contributed by atoms with Gasteiger partial charge in [-0.1, -0.05) is 0 Å². The number of hydrogen-bond acceptors (Lipinski definition) is 5. The van der Waals surface area contributed by atoms with Crippen molar-refractivity contribution in [2.75, 3.05) is 25.1 Å². The highest BCUT2D eigenvalue weighted by Gasteiger charge is 2.17. The molecular weight excluding hydrogens is 194 g/mol. The molecule has 0 bridgehead atoms. The number of rotatable bonds is 4. The molecule has 1 atom stereocenters. The number of ether oxygens (including phenoxy) is 2. The van der Waals surface area contributed by atoms with Crippen molar-refractivity contribution in [2.24, 2.45) is 0 Å². The largest absolute Gasteiger partial charge is 0.472 e. The fourth-order valence-corrected chi connectivity index (χ4v) is 1.46. The van der Waals surface area contributed by atoms with Crippen molar-refractivity contribution in [2.45, 2.75) is 19.4 Å². The van der Waals surface area contributed by atoms with Gasteiger partial charge in [-0.25, -0.2) is 9.97 Å². The second kappa shape index (κ2) is 4.93. The van der Waals surface area contributed by atoms with Gasteiger partial charge in [0.25, 0.3) is 0 Å². The highest BCUT2D eigenvalue weighted by atomic mass is 16.5. The summed E-state index contributed by atoms with van der Waals surface area (Å²) >= 11 is 0. The van der Waals surface area contributed by atoms with Crippen LogP contribution in [0.3, 0.4) is 0 Å². The molecule has 0 saturated carbocycles.